The lowest BCUT2D eigenvalue weighted by atomic mass is 10.1. The summed E-state index contributed by atoms with van der Waals surface area (Å²) in [6.45, 7) is 1.29. The van der Waals surface area contributed by atoms with Gasteiger partial charge in [-0.05, 0) is 30.7 Å². The summed E-state index contributed by atoms with van der Waals surface area (Å²) in [7, 11) is 0. The van der Waals surface area contributed by atoms with E-state index in [9.17, 15) is 9.18 Å². The lowest BCUT2D eigenvalue weighted by Crippen LogP contribution is -2.32. The molecule has 3 aromatic rings. The van der Waals surface area contributed by atoms with Crippen LogP contribution in [0.5, 0.6) is 0 Å². The van der Waals surface area contributed by atoms with Crippen molar-refractivity contribution in [3.05, 3.63) is 59.4 Å². The first kappa shape index (κ1) is 16.5. The topological polar surface area (TPSA) is 46.1 Å². The second-order valence-corrected chi connectivity index (χ2v) is 7.77. The zero-order valence-corrected chi connectivity index (χ0v) is 15.0. The van der Waals surface area contributed by atoms with Gasteiger partial charge in [0.2, 0.25) is 0 Å². The maximum Gasteiger partial charge on any atom is 0.253 e. The summed E-state index contributed by atoms with van der Waals surface area (Å²) >= 11 is 2.86. The fourth-order valence-corrected chi connectivity index (χ4v) is 4.83. The number of hydrogen-bond acceptors (Lipinski definition) is 5. The number of hydrogen-bond donors (Lipinski definition) is 0. The molecule has 2 aromatic carbocycles. The number of fused-ring (bicyclic) bond motifs is 1. The normalized spacial score (nSPS) is 18.3. The number of rotatable bonds is 2. The molecule has 4 rings (SSSR count). The fraction of sp³-hybridized carbons (Fsp3) is 0.278. The van der Waals surface area contributed by atoms with E-state index in [0.717, 1.165) is 40.5 Å². The highest BCUT2D eigenvalue weighted by Crippen LogP contribution is 2.35. The third-order valence-corrected chi connectivity index (χ3v) is 6.25. The lowest BCUT2D eigenvalue weighted by molar-refractivity contribution is 0.0766. The van der Waals surface area contributed by atoms with Crippen LogP contribution in [0, 0.1) is 5.82 Å². The molecule has 128 valence electrons. The summed E-state index contributed by atoms with van der Waals surface area (Å²) in [6.07, 6.45) is 0.748. The number of amides is 1. The second kappa shape index (κ2) is 7.09. The van der Waals surface area contributed by atoms with E-state index in [0.29, 0.717) is 18.7 Å². The minimum atomic E-state index is -0.165. The minimum absolute atomic E-state index is 0.00434. The molecule has 0 spiro atoms. The minimum Gasteiger partial charge on any atom is -0.338 e. The number of nitrogens with zero attached hydrogens (tertiary/aromatic N) is 3. The predicted octanol–water partition coefficient (Wildman–Crippen LogP) is 4.15. The number of aromatic nitrogens is 2. The lowest BCUT2D eigenvalue weighted by Gasteiger charge is -2.20. The van der Waals surface area contributed by atoms with Gasteiger partial charge in [0.25, 0.3) is 5.91 Å². The number of carbonyl (C=O) groups is 1. The van der Waals surface area contributed by atoms with Gasteiger partial charge in [0.15, 0.2) is 0 Å². The van der Waals surface area contributed by atoms with Crippen molar-refractivity contribution in [2.24, 2.45) is 0 Å². The molecule has 1 fully saturated rings. The first-order chi connectivity index (χ1) is 12.2. The maximum absolute atomic E-state index is 14.0. The van der Waals surface area contributed by atoms with E-state index in [1.165, 1.54) is 6.07 Å². The van der Waals surface area contributed by atoms with Crippen LogP contribution in [0.15, 0.2) is 42.5 Å². The molecular weight excluding hydrogens is 357 g/mol. The number of benzene rings is 2. The van der Waals surface area contributed by atoms with Crippen LogP contribution < -0.4 is 0 Å². The van der Waals surface area contributed by atoms with Gasteiger partial charge in [0.1, 0.15) is 16.9 Å². The van der Waals surface area contributed by atoms with Gasteiger partial charge in [-0.2, -0.15) is 20.5 Å². The molecule has 1 atom stereocenters. The zero-order chi connectivity index (χ0) is 17.2. The Bertz CT molecular complexity index is 914. The highest BCUT2D eigenvalue weighted by Gasteiger charge is 2.24. The molecular formula is C18H16FN3OS2. The molecule has 2 heterocycles. The van der Waals surface area contributed by atoms with E-state index in [1.807, 2.05) is 23.1 Å². The molecule has 7 heteroatoms. The van der Waals surface area contributed by atoms with E-state index >= 15 is 0 Å². The van der Waals surface area contributed by atoms with Crippen LogP contribution >= 0.6 is 23.5 Å². The molecule has 0 unspecified atom stereocenters. The molecule has 4 nitrogen and oxygen atoms in total. The smallest absolute Gasteiger partial charge is 0.253 e. The predicted molar refractivity (Wildman–Crippen MR) is 99.5 cm³/mol. The van der Waals surface area contributed by atoms with Gasteiger partial charge >= 0.3 is 0 Å². The average Bonchev–Trinajstić information content (AvgIpc) is 2.97. The SMILES string of the molecule is O=C(c1ccc2nsnc2c1)N1CCS[C@@H](c2ccccc2F)CC1. The van der Waals surface area contributed by atoms with Crippen LogP contribution in [0.25, 0.3) is 11.0 Å². The first-order valence-electron chi connectivity index (χ1n) is 8.10. The first-order valence-corrected chi connectivity index (χ1v) is 9.88. The van der Waals surface area contributed by atoms with Crippen LogP contribution in [-0.4, -0.2) is 38.4 Å². The summed E-state index contributed by atoms with van der Waals surface area (Å²) in [5, 5.41) is 0.0872. The van der Waals surface area contributed by atoms with Crippen LogP contribution in [0.4, 0.5) is 4.39 Å². The molecule has 1 saturated heterocycles. The Kier molecular flexibility index (Phi) is 4.67. The molecule has 0 aliphatic carbocycles. The van der Waals surface area contributed by atoms with Crippen molar-refractivity contribution in [3.8, 4) is 0 Å². The molecule has 1 amide bonds. The highest BCUT2D eigenvalue weighted by molar-refractivity contribution is 7.99. The van der Waals surface area contributed by atoms with E-state index in [4.69, 9.17) is 0 Å². The monoisotopic (exact) mass is 373 g/mol. The van der Waals surface area contributed by atoms with Crippen molar-refractivity contribution in [2.75, 3.05) is 18.8 Å². The van der Waals surface area contributed by atoms with Crippen molar-refractivity contribution >= 4 is 40.4 Å². The van der Waals surface area contributed by atoms with Crippen molar-refractivity contribution in [1.29, 1.82) is 0 Å². The third-order valence-electron chi connectivity index (χ3n) is 4.38. The Labute approximate surface area is 153 Å². The Hall–Kier alpha value is -1.99. The van der Waals surface area contributed by atoms with Crippen LogP contribution in [0.1, 0.15) is 27.6 Å². The fourth-order valence-electron chi connectivity index (χ4n) is 3.06. The van der Waals surface area contributed by atoms with E-state index in [2.05, 4.69) is 8.75 Å². The summed E-state index contributed by atoms with van der Waals surface area (Å²) < 4.78 is 22.4. The molecule has 0 N–H and O–H groups in total. The van der Waals surface area contributed by atoms with E-state index < -0.39 is 0 Å². The number of carbonyl (C=O) groups excluding carboxylic acids is 1. The molecule has 0 radical (unpaired) electrons. The Morgan fingerprint density at radius 3 is 2.84 bits per heavy atom. The summed E-state index contributed by atoms with van der Waals surface area (Å²) in [6, 6.07) is 12.4. The highest BCUT2D eigenvalue weighted by atomic mass is 32.2. The molecule has 25 heavy (non-hydrogen) atoms. The van der Waals surface area contributed by atoms with Gasteiger partial charge < -0.3 is 4.90 Å². The Morgan fingerprint density at radius 1 is 1.12 bits per heavy atom. The molecule has 0 saturated carbocycles. The largest absolute Gasteiger partial charge is 0.338 e. The van der Waals surface area contributed by atoms with Gasteiger partial charge in [-0.1, -0.05) is 18.2 Å². The summed E-state index contributed by atoms with van der Waals surface area (Å²) in [4.78, 5) is 14.7. The van der Waals surface area contributed by atoms with Gasteiger partial charge in [-0.15, -0.1) is 0 Å². The van der Waals surface area contributed by atoms with E-state index in [-0.39, 0.29) is 17.0 Å². The quantitative estimate of drug-likeness (QED) is 0.677. The Balaban J connectivity index is 1.50. The molecule has 1 aliphatic rings. The average molecular weight is 373 g/mol. The standard InChI is InChI=1S/C18H16FN3OS2/c19-14-4-2-1-3-13(14)17-7-8-22(9-10-24-17)18(23)12-5-6-15-16(11-12)21-25-20-15/h1-6,11,17H,7-10H2/t17-/m1/s1. The summed E-state index contributed by atoms with van der Waals surface area (Å²) in [5.41, 5.74) is 2.93. The summed E-state index contributed by atoms with van der Waals surface area (Å²) in [5.74, 6) is 0.636. The van der Waals surface area contributed by atoms with Crippen molar-refractivity contribution in [1.82, 2.24) is 13.6 Å². The molecule has 1 aromatic heterocycles. The Morgan fingerprint density at radius 2 is 1.96 bits per heavy atom. The molecule has 1 aliphatic heterocycles. The van der Waals surface area contributed by atoms with Crippen LogP contribution in [-0.2, 0) is 0 Å². The third kappa shape index (κ3) is 3.39. The van der Waals surface area contributed by atoms with Gasteiger partial charge in [0.05, 0.1) is 11.7 Å². The maximum atomic E-state index is 14.0. The van der Waals surface area contributed by atoms with Crippen molar-refractivity contribution in [2.45, 2.75) is 11.7 Å². The van der Waals surface area contributed by atoms with E-state index in [1.54, 1.807) is 30.0 Å². The zero-order valence-electron chi connectivity index (χ0n) is 13.4. The number of halogens is 1. The molecule has 0 bridgehead atoms. The van der Waals surface area contributed by atoms with Crippen LogP contribution in [0.3, 0.4) is 0 Å². The van der Waals surface area contributed by atoms with Crippen LogP contribution in [0.2, 0.25) is 0 Å². The van der Waals surface area contributed by atoms with Crippen molar-refractivity contribution < 1.29 is 9.18 Å². The van der Waals surface area contributed by atoms with Gasteiger partial charge in [0, 0.05) is 35.2 Å². The second-order valence-electron chi connectivity index (χ2n) is 5.93. The van der Waals surface area contributed by atoms with Gasteiger partial charge in [-0.3, -0.25) is 4.79 Å². The number of thioether (sulfide) groups is 1. The van der Waals surface area contributed by atoms with Gasteiger partial charge in [-0.25, -0.2) is 4.39 Å². The van der Waals surface area contributed by atoms with Crippen molar-refractivity contribution in [3.63, 3.8) is 0 Å².